The van der Waals surface area contributed by atoms with Crippen molar-refractivity contribution in [2.45, 2.75) is 350 Å². The number of aliphatic hydroxyl groups excluding tert-OH is 1. The standard InChI is InChI=1S/C68H132O17P2/c1-58(2)44-36-28-20-15-11-9-10-12-17-23-32-40-48-65(70)78-54-63(84-67(72)50-42-34-24-18-14-13-16-21-29-37-45-59(3)4)56-82-86(74,75)80-52-62(69)53-81-87(76,77)83-57-64(85-68(73)51-43-35-27-26-31-39-47-61(7)8)55-79-66(71)49-41-33-25-19-22-30-38-46-60(5)6/h58-64,69H,9-57H2,1-8H3,(H,74,75)(H,76,77)/t62?,63-,64-/m1/s1. The highest BCUT2D eigenvalue weighted by Crippen LogP contribution is 2.45. The number of esters is 4. The van der Waals surface area contributed by atoms with Gasteiger partial charge in [0.1, 0.15) is 19.3 Å². The zero-order valence-corrected chi connectivity index (χ0v) is 58.4. The highest BCUT2D eigenvalue weighted by Gasteiger charge is 2.30. The Hall–Kier alpha value is -1.94. The Bertz CT molecular complexity index is 1730. The van der Waals surface area contributed by atoms with Crippen LogP contribution in [0.5, 0.6) is 0 Å². The minimum absolute atomic E-state index is 0.101. The molecule has 0 spiro atoms. The van der Waals surface area contributed by atoms with Crippen molar-refractivity contribution in [3.63, 3.8) is 0 Å². The van der Waals surface area contributed by atoms with Crippen LogP contribution in [0.15, 0.2) is 0 Å². The first-order valence-electron chi connectivity index (χ1n) is 35.2. The van der Waals surface area contributed by atoms with Gasteiger partial charge in [-0.1, -0.05) is 280 Å². The van der Waals surface area contributed by atoms with Gasteiger partial charge < -0.3 is 33.8 Å². The van der Waals surface area contributed by atoms with Crippen LogP contribution in [-0.2, 0) is 65.4 Å². The lowest BCUT2D eigenvalue weighted by molar-refractivity contribution is -0.161. The molecule has 0 saturated heterocycles. The van der Waals surface area contributed by atoms with Crippen molar-refractivity contribution < 1.29 is 80.2 Å². The van der Waals surface area contributed by atoms with Crippen molar-refractivity contribution in [2.75, 3.05) is 39.6 Å². The van der Waals surface area contributed by atoms with Crippen LogP contribution >= 0.6 is 15.6 Å². The van der Waals surface area contributed by atoms with Crippen LogP contribution in [0.2, 0.25) is 0 Å². The molecular formula is C68H132O17P2. The Balaban J connectivity index is 5.23. The normalized spacial score (nSPS) is 14.3. The van der Waals surface area contributed by atoms with E-state index in [0.717, 1.165) is 108 Å². The lowest BCUT2D eigenvalue weighted by atomic mass is 10.0. The third-order valence-corrected chi connectivity index (χ3v) is 17.5. The summed E-state index contributed by atoms with van der Waals surface area (Å²) in [4.78, 5) is 72.4. The minimum atomic E-state index is -4.95. The fourth-order valence-corrected chi connectivity index (χ4v) is 11.7. The fourth-order valence-electron chi connectivity index (χ4n) is 10.1. The summed E-state index contributed by atoms with van der Waals surface area (Å²) in [6.07, 6.45) is 39.2. The first kappa shape index (κ1) is 85.1. The molecule has 0 amide bonds. The SMILES string of the molecule is CC(C)CCCCCCCCCCCCCCC(=O)OC[C@H](COP(=O)(O)OCC(O)COP(=O)(O)OC[C@@H](COC(=O)CCCCCCCCCC(C)C)OC(=O)CCCCCCCCC(C)C)OC(=O)CCCCCCCCCCCCC(C)C. The largest absolute Gasteiger partial charge is 0.472 e. The number of aliphatic hydroxyl groups is 1. The predicted molar refractivity (Wildman–Crippen MR) is 349 cm³/mol. The van der Waals surface area contributed by atoms with Gasteiger partial charge >= 0.3 is 39.5 Å². The van der Waals surface area contributed by atoms with Crippen molar-refractivity contribution in [1.82, 2.24) is 0 Å². The molecule has 0 aliphatic rings. The van der Waals surface area contributed by atoms with E-state index in [4.69, 9.17) is 37.0 Å². The second kappa shape index (κ2) is 57.9. The molecule has 0 aromatic carbocycles. The van der Waals surface area contributed by atoms with Crippen LogP contribution in [0.3, 0.4) is 0 Å². The Labute approximate surface area is 530 Å². The fraction of sp³-hybridized carbons (Fsp3) is 0.941. The maximum atomic E-state index is 13.0. The number of carbonyl (C=O) groups excluding carboxylic acids is 4. The van der Waals surface area contributed by atoms with Crippen LogP contribution in [0.4, 0.5) is 0 Å². The van der Waals surface area contributed by atoms with Crippen LogP contribution < -0.4 is 0 Å². The summed E-state index contributed by atoms with van der Waals surface area (Å²) in [5.41, 5.74) is 0. The van der Waals surface area contributed by atoms with Crippen LogP contribution in [0.1, 0.15) is 331 Å². The summed E-state index contributed by atoms with van der Waals surface area (Å²) in [5.74, 6) is 0.771. The number of rotatable bonds is 65. The number of unbranched alkanes of at least 4 members (excludes halogenated alkanes) is 31. The highest BCUT2D eigenvalue weighted by atomic mass is 31.2. The lowest BCUT2D eigenvalue weighted by Crippen LogP contribution is -2.30. The van der Waals surface area contributed by atoms with Gasteiger partial charge in [0, 0.05) is 25.7 Å². The molecule has 0 radical (unpaired) electrons. The van der Waals surface area contributed by atoms with Gasteiger partial charge in [-0.3, -0.25) is 37.3 Å². The third kappa shape index (κ3) is 62.6. The molecule has 0 aliphatic heterocycles. The van der Waals surface area contributed by atoms with Gasteiger partial charge in [0.25, 0.3) is 0 Å². The number of phosphoric ester groups is 2. The molecular weight excluding hydrogens is 1150 g/mol. The minimum Gasteiger partial charge on any atom is -0.462 e. The van der Waals surface area contributed by atoms with E-state index >= 15 is 0 Å². The monoisotopic (exact) mass is 1280 g/mol. The van der Waals surface area contributed by atoms with Crippen LogP contribution in [0.25, 0.3) is 0 Å². The molecule has 17 nitrogen and oxygen atoms in total. The van der Waals surface area contributed by atoms with Gasteiger partial charge in [-0.15, -0.1) is 0 Å². The molecule has 0 aliphatic carbocycles. The Morgan fingerprint density at radius 3 is 0.713 bits per heavy atom. The summed E-state index contributed by atoms with van der Waals surface area (Å²) in [7, 11) is -9.90. The second-order valence-corrected chi connectivity index (χ2v) is 29.4. The van der Waals surface area contributed by atoms with Crippen molar-refractivity contribution in [3.8, 4) is 0 Å². The molecule has 0 heterocycles. The Kier molecular flexibility index (Phi) is 56.6. The molecule has 0 fully saturated rings. The maximum Gasteiger partial charge on any atom is 0.472 e. The summed E-state index contributed by atoms with van der Waals surface area (Å²) in [6.45, 7) is 14.0. The molecule has 3 N–H and O–H groups in total. The van der Waals surface area contributed by atoms with Gasteiger partial charge in [0.05, 0.1) is 26.4 Å². The van der Waals surface area contributed by atoms with Crippen LogP contribution in [0, 0.1) is 23.7 Å². The van der Waals surface area contributed by atoms with Crippen molar-refractivity contribution in [1.29, 1.82) is 0 Å². The summed E-state index contributed by atoms with van der Waals surface area (Å²) < 4.78 is 68.1. The Morgan fingerprint density at radius 2 is 0.483 bits per heavy atom. The van der Waals surface area contributed by atoms with Gasteiger partial charge in [0.2, 0.25) is 0 Å². The number of hydrogen-bond acceptors (Lipinski definition) is 15. The first-order chi connectivity index (χ1) is 41.6. The van der Waals surface area contributed by atoms with E-state index in [2.05, 4.69) is 55.4 Å². The van der Waals surface area contributed by atoms with E-state index < -0.39 is 97.5 Å². The average Bonchev–Trinajstić information content (AvgIpc) is 3.58. The highest BCUT2D eigenvalue weighted by molar-refractivity contribution is 7.47. The van der Waals surface area contributed by atoms with Crippen molar-refractivity contribution >= 4 is 39.5 Å². The lowest BCUT2D eigenvalue weighted by Gasteiger charge is -2.21. The topological polar surface area (TPSA) is 237 Å². The number of ether oxygens (including phenoxy) is 4. The van der Waals surface area contributed by atoms with E-state index in [-0.39, 0.29) is 25.7 Å². The third-order valence-electron chi connectivity index (χ3n) is 15.6. The summed E-state index contributed by atoms with van der Waals surface area (Å²) in [6, 6.07) is 0. The summed E-state index contributed by atoms with van der Waals surface area (Å²) >= 11 is 0. The quantitative estimate of drug-likeness (QED) is 0.0222. The second-order valence-electron chi connectivity index (χ2n) is 26.5. The van der Waals surface area contributed by atoms with E-state index in [1.807, 2.05) is 0 Å². The van der Waals surface area contributed by atoms with Crippen molar-refractivity contribution in [3.05, 3.63) is 0 Å². The summed E-state index contributed by atoms with van der Waals surface area (Å²) in [5, 5.41) is 10.6. The molecule has 0 aromatic rings. The zero-order chi connectivity index (χ0) is 64.7. The Morgan fingerprint density at radius 1 is 0.287 bits per heavy atom. The zero-order valence-electron chi connectivity index (χ0n) is 56.6. The molecule has 0 aromatic heterocycles. The molecule has 516 valence electrons. The van der Waals surface area contributed by atoms with Crippen molar-refractivity contribution in [2.24, 2.45) is 23.7 Å². The van der Waals surface area contributed by atoms with E-state index in [0.29, 0.717) is 37.5 Å². The van der Waals surface area contributed by atoms with E-state index in [9.17, 15) is 43.2 Å². The average molecular weight is 1280 g/mol. The molecule has 5 atom stereocenters. The van der Waals surface area contributed by atoms with Gasteiger partial charge in [-0.05, 0) is 49.4 Å². The maximum absolute atomic E-state index is 13.0. The molecule has 19 heteroatoms. The predicted octanol–water partition coefficient (Wildman–Crippen LogP) is 18.9. The van der Waals surface area contributed by atoms with E-state index in [1.54, 1.807) is 0 Å². The van der Waals surface area contributed by atoms with Crippen LogP contribution in [-0.4, -0.2) is 96.7 Å². The van der Waals surface area contributed by atoms with Gasteiger partial charge in [0.15, 0.2) is 12.2 Å². The first-order valence-corrected chi connectivity index (χ1v) is 38.2. The smallest absolute Gasteiger partial charge is 0.462 e. The van der Waals surface area contributed by atoms with Gasteiger partial charge in [-0.25, -0.2) is 9.13 Å². The molecule has 0 saturated carbocycles. The number of carbonyl (C=O) groups is 4. The molecule has 0 rings (SSSR count). The van der Waals surface area contributed by atoms with E-state index in [1.165, 1.54) is 128 Å². The molecule has 0 bridgehead atoms. The molecule has 3 unspecified atom stereocenters. The number of phosphoric acid groups is 2. The molecule has 87 heavy (non-hydrogen) atoms. The number of hydrogen-bond donors (Lipinski definition) is 3. The van der Waals surface area contributed by atoms with Gasteiger partial charge in [-0.2, -0.15) is 0 Å².